The number of aromatic nitrogens is 4. The summed E-state index contributed by atoms with van der Waals surface area (Å²) in [6.07, 6.45) is 3.42. The van der Waals surface area contributed by atoms with Gasteiger partial charge in [0.2, 0.25) is 5.91 Å². The highest BCUT2D eigenvalue weighted by Crippen LogP contribution is 2.15. The molecule has 0 radical (unpaired) electrons. The Kier molecular flexibility index (Phi) is 8.89. The van der Waals surface area contributed by atoms with E-state index in [2.05, 4.69) is 20.8 Å². The zero-order valence-corrected chi connectivity index (χ0v) is 15.4. The van der Waals surface area contributed by atoms with Gasteiger partial charge in [-0.3, -0.25) is 4.79 Å². The van der Waals surface area contributed by atoms with E-state index in [9.17, 15) is 4.79 Å². The molecule has 1 aromatic carbocycles. The molecule has 0 aliphatic heterocycles. The minimum Gasteiger partial charge on any atom is -0.427 e. The molecule has 2 rings (SSSR count). The van der Waals surface area contributed by atoms with Crippen molar-refractivity contribution in [3.05, 3.63) is 41.7 Å². The maximum Gasteiger partial charge on any atom is 0.451 e. The molecule has 1 heterocycles. The van der Waals surface area contributed by atoms with Crippen molar-refractivity contribution < 1.29 is 14.8 Å². The lowest BCUT2D eigenvalue weighted by Gasteiger charge is -2.11. The van der Waals surface area contributed by atoms with E-state index < -0.39 is 7.12 Å². The Balaban J connectivity index is 1.69. The van der Waals surface area contributed by atoms with Gasteiger partial charge in [0.15, 0.2) is 5.82 Å². The first-order chi connectivity index (χ1) is 13.1. The number of nitrogens with zero attached hydrogens (tertiary/aromatic N) is 4. The zero-order valence-electron chi connectivity index (χ0n) is 15.4. The van der Waals surface area contributed by atoms with Crippen molar-refractivity contribution in [2.75, 3.05) is 6.54 Å². The number of nitrogens with two attached hydrogens (primary N) is 1. The summed E-state index contributed by atoms with van der Waals surface area (Å²) < 4.78 is 1.56. The highest BCUT2D eigenvalue weighted by Gasteiger charge is 2.16. The lowest BCUT2D eigenvalue weighted by Crippen LogP contribution is -2.27. The Morgan fingerprint density at radius 2 is 2.04 bits per heavy atom. The summed E-state index contributed by atoms with van der Waals surface area (Å²) in [4.78, 5) is 12.0. The predicted octanol–water partition coefficient (Wildman–Crippen LogP) is 0.0650. The molecular weight excluding hydrogens is 347 g/mol. The van der Waals surface area contributed by atoms with E-state index >= 15 is 0 Å². The molecule has 0 fully saturated rings. The molecule has 1 unspecified atom stereocenters. The first kappa shape index (κ1) is 21.0. The van der Waals surface area contributed by atoms with Crippen molar-refractivity contribution in [1.29, 1.82) is 0 Å². The van der Waals surface area contributed by atoms with Crippen LogP contribution in [0.4, 0.5) is 0 Å². The van der Waals surface area contributed by atoms with Crippen LogP contribution in [0.3, 0.4) is 0 Å². The highest BCUT2D eigenvalue weighted by molar-refractivity contribution is 6.40. The van der Waals surface area contributed by atoms with Crippen molar-refractivity contribution in [3.63, 3.8) is 0 Å². The molecule has 1 atom stereocenters. The molecule has 1 aromatic heterocycles. The number of benzene rings is 1. The van der Waals surface area contributed by atoms with Gasteiger partial charge in [-0.2, -0.15) is 0 Å². The van der Waals surface area contributed by atoms with Crippen LogP contribution in [0, 0.1) is 0 Å². The standard InChI is InChI=1S/C17H27BN6O3/c19-15(8-4-5-11-18(26)27)17-21-22-23-24(17)13-10-16(25)20-12-9-14-6-2-1-3-7-14/h1-3,6-7,15,26-27H,4-5,8-13,19H2,(H,20,25). The van der Waals surface area contributed by atoms with Crippen LogP contribution in [0.5, 0.6) is 0 Å². The van der Waals surface area contributed by atoms with Gasteiger partial charge < -0.3 is 21.1 Å². The largest absolute Gasteiger partial charge is 0.451 e. The maximum absolute atomic E-state index is 12.0. The topological polar surface area (TPSA) is 139 Å². The molecule has 0 saturated carbocycles. The average Bonchev–Trinajstić information content (AvgIpc) is 3.13. The van der Waals surface area contributed by atoms with Gasteiger partial charge in [-0.25, -0.2) is 4.68 Å². The maximum atomic E-state index is 12.0. The summed E-state index contributed by atoms with van der Waals surface area (Å²) in [5.74, 6) is 0.481. The first-order valence-electron chi connectivity index (χ1n) is 9.24. The third-order valence-electron chi connectivity index (χ3n) is 4.25. The van der Waals surface area contributed by atoms with Crippen LogP contribution in [0.25, 0.3) is 0 Å². The lowest BCUT2D eigenvalue weighted by molar-refractivity contribution is -0.121. The zero-order chi connectivity index (χ0) is 19.5. The number of carbonyl (C=O) groups is 1. The highest BCUT2D eigenvalue weighted by atomic mass is 16.4. The van der Waals surface area contributed by atoms with Gasteiger partial charge >= 0.3 is 7.12 Å². The van der Waals surface area contributed by atoms with E-state index in [1.807, 2.05) is 30.3 Å². The van der Waals surface area contributed by atoms with Gasteiger partial charge in [-0.05, 0) is 35.2 Å². The third kappa shape index (κ3) is 7.86. The number of unbranched alkanes of at least 4 members (excludes halogenated alkanes) is 1. The fourth-order valence-corrected chi connectivity index (χ4v) is 2.74. The van der Waals surface area contributed by atoms with Gasteiger partial charge in [-0.15, -0.1) is 5.10 Å². The average molecular weight is 374 g/mol. The van der Waals surface area contributed by atoms with Gasteiger partial charge in [-0.1, -0.05) is 43.2 Å². The molecule has 0 saturated heterocycles. The number of hydrogen-bond donors (Lipinski definition) is 4. The summed E-state index contributed by atoms with van der Waals surface area (Å²) in [7, 11) is -1.29. The number of tetrazole rings is 1. The van der Waals surface area contributed by atoms with Gasteiger partial charge in [0.05, 0.1) is 12.6 Å². The Bertz CT molecular complexity index is 682. The number of hydrogen-bond acceptors (Lipinski definition) is 7. The van der Waals surface area contributed by atoms with E-state index in [0.717, 1.165) is 12.8 Å². The second-order valence-electron chi connectivity index (χ2n) is 6.47. The molecule has 0 bridgehead atoms. The normalized spacial score (nSPS) is 12.0. The predicted molar refractivity (Wildman–Crippen MR) is 101 cm³/mol. The van der Waals surface area contributed by atoms with Crippen molar-refractivity contribution in [3.8, 4) is 0 Å². The van der Waals surface area contributed by atoms with Crippen molar-refractivity contribution in [1.82, 2.24) is 25.5 Å². The molecule has 0 spiro atoms. The van der Waals surface area contributed by atoms with Crippen LogP contribution in [0.2, 0.25) is 6.32 Å². The SMILES string of the molecule is NC(CCCCB(O)O)c1nnnn1CCC(=O)NCCc1ccccc1. The molecule has 146 valence electrons. The molecule has 1 amide bonds. The van der Waals surface area contributed by atoms with E-state index in [4.69, 9.17) is 15.8 Å². The van der Waals surface area contributed by atoms with Crippen LogP contribution >= 0.6 is 0 Å². The quantitative estimate of drug-likeness (QED) is 0.304. The van der Waals surface area contributed by atoms with Crippen molar-refractivity contribution in [2.45, 2.75) is 51.0 Å². The minimum atomic E-state index is -1.29. The Hall–Kier alpha value is -2.30. The number of nitrogens with one attached hydrogen (secondary N) is 1. The Morgan fingerprint density at radius 3 is 2.78 bits per heavy atom. The lowest BCUT2D eigenvalue weighted by atomic mass is 9.83. The van der Waals surface area contributed by atoms with Gasteiger partial charge in [0, 0.05) is 13.0 Å². The van der Waals surface area contributed by atoms with E-state index in [1.165, 1.54) is 5.56 Å². The minimum absolute atomic E-state index is 0.0575. The summed E-state index contributed by atoms with van der Waals surface area (Å²) >= 11 is 0. The van der Waals surface area contributed by atoms with E-state index in [-0.39, 0.29) is 18.4 Å². The molecule has 0 aliphatic rings. The number of amides is 1. The fraction of sp³-hybridized carbons (Fsp3) is 0.529. The second kappa shape index (κ2) is 11.4. The molecule has 0 aliphatic carbocycles. The van der Waals surface area contributed by atoms with Crippen LogP contribution in [-0.4, -0.2) is 49.8 Å². The number of aryl methyl sites for hydroxylation is 1. The summed E-state index contributed by atoms with van der Waals surface area (Å²) in [6.45, 7) is 0.949. The molecular formula is C17H27BN6O3. The molecule has 2 aromatic rings. The van der Waals surface area contributed by atoms with Crippen LogP contribution in [0.1, 0.15) is 43.1 Å². The monoisotopic (exact) mass is 374 g/mol. The molecule has 10 heteroatoms. The fourth-order valence-electron chi connectivity index (χ4n) is 2.74. The second-order valence-corrected chi connectivity index (χ2v) is 6.47. The molecule has 27 heavy (non-hydrogen) atoms. The van der Waals surface area contributed by atoms with Gasteiger partial charge in [0.1, 0.15) is 0 Å². The summed E-state index contributed by atoms with van der Waals surface area (Å²) in [5, 5.41) is 32.1. The summed E-state index contributed by atoms with van der Waals surface area (Å²) in [5.41, 5.74) is 7.30. The van der Waals surface area contributed by atoms with Crippen LogP contribution in [0.15, 0.2) is 30.3 Å². The van der Waals surface area contributed by atoms with E-state index in [1.54, 1.807) is 4.68 Å². The Morgan fingerprint density at radius 1 is 1.26 bits per heavy atom. The van der Waals surface area contributed by atoms with E-state index in [0.29, 0.717) is 38.1 Å². The molecule has 5 N–H and O–H groups in total. The smallest absolute Gasteiger partial charge is 0.427 e. The van der Waals surface area contributed by atoms with Crippen LogP contribution in [-0.2, 0) is 17.8 Å². The molecule has 9 nitrogen and oxygen atoms in total. The van der Waals surface area contributed by atoms with Crippen LogP contribution < -0.4 is 11.1 Å². The van der Waals surface area contributed by atoms with Gasteiger partial charge in [0.25, 0.3) is 0 Å². The number of rotatable bonds is 12. The van der Waals surface area contributed by atoms with Crippen molar-refractivity contribution >= 4 is 13.0 Å². The summed E-state index contributed by atoms with van der Waals surface area (Å²) in [6, 6.07) is 9.63. The van der Waals surface area contributed by atoms with Crippen molar-refractivity contribution in [2.24, 2.45) is 5.73 Å². The first-order valence-corrected chi connectivity index (χ1v) is 9.24. The third-order valence-corrected chi connectivity index (χ3v) is 4.25. The Labute approximate surface area is 159 Å². The number of carbonyl (C=O) groups excluding carboxylic acids is 1.